The van der Waals surface area contributed by atoms with Crippen molar-refractivity contribution >= 4 is 11.7 Å². The third-order valence-electron chi connectivity index (χ3n) is 4.14. The molecule has 1 aromatic carbocycles. The van der Waals surface area contributed by atoms with Gasteiger partial charge < -0.3 is 20.6 Å². The highest BCUT2D eigenvalue weighted by Crippen LogP contribution is 2.13. The zero-order valence-electron chi connectivity index (χ0n) is 13.5. The number of nitrogens with zero attached hydrogens (tertiary/aromatic N) is 1. The van der Waals surface area contributed by atoms with Crippen molar-refractivity contribution in [1.29, 1.82) is 0 Å². The molecule has 5 nitrogen and oxygen atoms in total. The molecule has 1 fully saturated rings. The minimum absolute atomic E-state index is 0.141. The molecule has 0 aromatic heterocycles. The van der Waals surface area contributed by atoms with E-state index in [-0.39, 0.29) is 18.2 Å². The van der Waals surface area contributed by atoms with Crippen LogP contribution in [0.1, 0.15) is 31.7 Å². The van der Waals surface area contributed by atoms with Crippen molar-refractivity contribution in [1.82, 2.24) is 10.2 Å². The van der Waals surface area contributed by atoms with Gasteiger partial charge in [-0.2, -0.15) is 0 Å². The van der Waals surface area contributed by atoms with E-state index >= 15 is 0 Å². The number of aliphatic hydroxyl groups is 1. The number of urea groups is 1. The largest absolute Gasteiger partial charge is 0.392 e. The number of hydrogen-bond acceptors (Lipinski definition) is 3. The van der Waals surface area contributed by atoms with Gasteiger partial charge in [-0.25, -0.2) is 4.79 Å². The summed E-state index contributed by atoms with van der Waals surface area (Å²) in [6, 6.07) is 7.85. The normalized spacial score (nSPS) is 18.0. The van der Waals surface area contributed by atoms with E-state index in [2.05, 4.69) is 15.5 Å². The highest BCUT2D eigenvalue weighted by molar-refractivity contribution is 5.89. The SMILES string of the molecule is CC[C@@H](O)CN1CCC(NC(=O)Nc2cccc(C)c2)CC1. The molecule has 1 atom stereocenters. The number of piperidine rings is 1. The van der Waals surface area contributed by atoms with Gasteiger partial charge in [0.2, 0.25) is 0 Å². The maximum absolute atomic E-state index is 12.0. The van der Waals surface area contributed by atoms with E-state index in [4.69, 9.17) is 0 Å². The number of aliphatic hydroxyl groups excluding tert-OH is 1. The van der Waals surface area contributed by atoms with Crippen LogP contribution in [0.5, 0.6) is 0 Å². The average molecular weight is 305 g/mol. The number of hydrogen-bond donors (Lipinski definition) is 3. The molecular formula is C17H27N3O2. The van der Waals surface area contributed by atoms with Crippen molar-refractivity contribution in [2.75, 3.05) is 25.0 Å². The van der Waals surface area contributed by atoms with Crippen LogP contribution >= 0.6 is 0 Å². The lowest BCUT2D eigenvalue weighted by atomic mass is 10.0. The fraction of sp³-hybridized carbons (Fsp3) is 0.588. The van der Waals surface area contributed by atoms with Crippen LogP contribution in [-0.4, -0.2) is 47.8 Å². The predicted molar refractivity (Wildman–Crippen MR) is 89.1 cm³/mol. The number of aryl methyl sites for hydroxylation is 1. The molecule has 2 amide bonds. The Hall–Kier alpha value is -1.59. The summed E-state index contributed by atoms with van der Waals surface area (Å²) in [6.45, 7) is 6.58. The van der Waals surface area contributed by atoms with E-state index in [0.717, 1.165) is 50.1 Å². The number of rotatable bonds is 5. The molecule has 0 saturated carbocycles. The van der Waals surface area contributed by atoms with Crippen molar-refractivity contribution in [3.63, 3.8) is 0 Å². The Morgan fingerprint density at radius 1 is 1.41 bits per heavy atom. The van der Waals surface area contributed by atoms with E-state index in [0.29, 0.717) is 0 Å². The van der Waals surface area contributed by atoms with Crippen LogP contribution in [0, 0.1) is 6.92 Å². The molecule has 0 unspecified atom stereocenters. The second-order valence-corrected chi connectivity index (χ2v) is 6.10. The first-order chi connectivity index (χ1) is 10.6. The van der Waals surface area contributed by atoms with E-state index < -0.39 is 0 Å². The third-order valence-corrected chi connectivity index (χ3v) is 4.14. The first-order valence-electron chi connectivity index (χ1n) is 8.11. The zero-order valence-corrected chi connectivity index (χ0v) is 13.5. The van der Waals surface area contributed by atoms with Gasteiger partial charge in [0, 0.05) is 31.4 Å². The molecule has 0 aliphatic carbocycles. The third kappa shape index (κ3) is 5.31. The number of likely N-dealkylation sites (tertiary alicyclic amines) is 1. The molecule has 0 spiro atoms. The Bertz CT molecular complexity index is 485. The van der Waals surface area contributed by atoms with Crippen LogP contribution in [0.4, 0.5) is 10.5 Å². The lowest BCUT2D eigenvalue weighted by Crippen LogP contribution is -2.47. The van der Waals surface area contributed by atoms with Gasteiger partial charge in [0.15, 0.2) is 0 Å². The predicted octanol–water partition coefficient (Wildman–Crippen LogP) is 2.35. The number of β-amino-alcohol motifs (C(OH)–C–C–N with tert-alkyl or cyclic N) is 1. The second kappa shape index (κ2) is 8.15. The average Bonchev–Trinajstić information content (AvgIpc) is 2.49. The molecule has 2 rings (SSSR count). The highest BCUT2D eigenvalue weighted by Gasteiger charge is 2.21. The number of amides is 2. The Balaban J connectivity index is 1.72. The number of benzene rings is 1. The van der Waals surface area contributed by atoms with Gasteiger partial charge in [0.25, 0.3) is 0 Å². The molecule has 1 aromatic rings. The molecule has 0 radical (unpaired) electrons. The fourth-order valence-corrected chi connectivity index (χ4v) is 2.76. The number of carbonyl (C=O) groups is 1. The Morgan fingerprint density at radius 2 is 2.14 bits per heavy atom. The Kier molecular flexibility index (Phi) is 6.21. The van der Waals surface area contributed by atoms with Crippen LogP contribution in [-0.2, 0) is 0 Å². The minimum Gasteiger partial charge on any atom is -0.392 e. The standard InChI is InChI=1S/C17H27N3O2/c1-3-16(21)12-20-9-7-14(8-10-20)18-17(22)19-15-6-4-5-13(2)11-15/h4-6,11,14,16,21H,3,7-10,12H2,1-2H3,(H2,18,19,22)/t16-/m1/s1. The van der Waals surface area contributed by atoms with Crippen molar-refractivity contribution in [3.05, 3.63) is 29.8 Å². The summed E-state index contributed by atoms with van der Waals surface area (Å²) in [7, 11) is 0. The zero-order chi connectivity index (χ0) is 15.9. The minimum atomic E-state index is -0.242. The van der Waals surface area contributed by atoms with Gasteiger partial charge in [-0.05, 0) is 43.9 Å². The van der Waals surface area contributed by atoms with Gasteiger partial charge in [-0.1, -0.05) is 19.1 Å². The maximum Gasteiger partial charge on any atom is 0.319 e. The number of nitrogens with one attached hydrogen (secondary N) is 2. The van der Waals surface area contributed by atoms with Gasteiger partial charge in [0.1, 0.15) is 0 Å². The lowest BCUT2D eigenvalue weighted by Gasteiger charge is -2.33. The van der Waals surface area contributed by atoms with E-state index in [1.807, 2.05) is 38.1 Å². The van der Waals surface area contributed by atoms with Crippen LogP contribution < -0.4 is 10.6 Å². The molecule has 3 N–H and O–H groups in total. The van der Waals surface area contributed by atoms with Crippen LogP contribution in [0.25, 0.3) is 0 Å². The van der Waals surface area contributed by atoms with Crippen molar-refractivity contribution in [2.45, 2.75) is 45.3 Å². The summed E-state index contributed by atoms with van der Waals surface area (Å²) < 4.78 is 0. The Morgan fingerprint density at radius 3 is 2.77 bits per heavy atom. The number of carbonyl (C=O) groups excluding carboxylic acids is 1. The van der Waals surface area contributed by atoms with Crippen LogP contribution in [0.15, 0.2) is 24.3 Å². The molecule has 1 saturated heterocycles. The molecule has 122 valence electrons. The highest BCUT2D eigenvalue weighted by atomic mass is 16.3. The molecule has 1 aliphatic rings. The van der Waals surface area contributed by atoms with Gasteiger partial charge in [0.05, 0.1) is 6.10 Å². The fourth-order valence-electron chi connectivity index (χ4n) is 2.76. The topological polar surface area (TPSA) is 64.6 Å². The first-order valence-corrected chi connectivity index (χ1v) is 8.11. The van der Waals surface area contributed by atoms with Crippen LogP contribution in [0.3, 0.4) is 0 Å². The van der Waals surface area contributed by atoms with E-state index in [1.54, 1.807) is 0 Å². The molecule has 1 heterocycles. The molecular weight excluding hydrogens is 278 g/mol. The summed E-state index contributed by atoms with van der Waals surface area (Å²) >= 11 is 0. The number of anilines is 1. The van der Waals surface area contributed by atoms with E-state index in [1.165, 1.54) is 0 Å². The molecule has 1 aliphatic heterocycles. The Labute approximate surface area is 132 Å². The van der Waals surface area contributed by atoms with Gasteiger partial charge in [-0.3, -0.25) is 0 Å². The monoisotopic (exact) mass is 305 g/mol. The van der Waals surface area contributed by atoms with Crippen LogP contribution in [0.2, 0.25) is 0 Å². The van der Waals surface area contributed by atoms with Crippen molar-refractivity contribution < 1.29 is 9.90 Å². The second-order valence-electron chi connectivity index (χ2n) is 6.10. The smallest absolute Gasteiger partial charge is 0.319 e. The van der Waals surface area contributed by atoms with Gasteiger partial charge in [-0.15, -0.1) is 0 Å². The van der Waals surface area contributed by atoms with Crippen molar-refractivity contribution in [3.8, 4) is 0 Å². The molecule has 22 heavy (non-hydrogen) atoms. The lowest BCUT2D eigenvalue weighted by molar-refractivity contribution is 0.0925. The summed E-state index contributed by atoms with van der Waals surface area (Å²) in [5.74, 6) is 0. The molecule has 5 heteroatoms. The molecule has 0 bridgehead atoms. The quantitative estimate of drug-likeness (QED) is 0.782. The van der Waals surface area contributed by atoms with E-state index in [9.17, 15) is 9.90 Å². The summed E-state index contributed by atoms with van der Waals surface area (Å²) in [6.07, 6.45) is 2.40. The summed E-state index contributed by atoms with van der Waals surface area (Å²) in [4.78, 5) is 14.3. The summed E-state index contributed by atoms with van der Waals surface area (Å²) in [5.41, 5.74) is 1.95. The van der Waals surface area contributed by atoms with Gasteiger partial charge >= 0.3 is 6.03 Å². The van der Waals surface area contributed by atoms with Crippen molar-refractivity contribution in [2.24, 2.45) is 0 Å². The first kappa shape index (κ1) is 16.8. The maximum atomic E-state index is 12.0. The summed E-state index contributed by atoms with van der Waals surface area (Å²) in [5, 5.41) is 15.6.